The smallest absolute Gasteiger partial charge is 0.102 e. The number of aliphatic hydroxyl groups is 1. The Balaban J connectivity index is 2.00. The fourth-order valence-electron chi connectivity index (χ4n) is 2.53. The van der Waals surface area contributed by atoms with Crippen molar-refractivity contribution in [2.45, 2.75) is 37.8 Å². The second-order valence-corrected chi connectivity index (χ2v) is 6.59. The van der Waals surface area contributed by atoms with Gasteiger partial charge in [0.2, 0.25) is 0 Å². The zero-order chi connectivity index (χ0) is 14.6. The van der Waals surface area contributed by atoms with Crippen LogP contribution in [0.3, 0.4) is 0 Å². The van der Waals surface area contributed by atoms with Gasteiger partial charge in [0.25, 0.3) is 0 Å². The lowest BCUT2D eigenvalue weighted by Gasteiger charge is -2.30. The summed E-state index contributed by atoms with van der Waals surface area (Å²) in [6, 6.07) is 8.27. The van der Waals surface area contributed by atoms with Gasteiger partial charge < -0.3 is 15.2 Å². The quantitative estimate of drug-likeness (QED) is 0.763. The SMILES string of the molecule is CCC(O)(CNC(COC)C1CC1)c1ccc(Br)cc1. The highest BCUT2D eigenvalue weighted by Crippen LogP contribution is 2.33. The van der Waals surface area contributed by atoms with Crippen molar-refractivity contribution in [3.05, 3.63) is 34.3 Å². The van der Waals surface area contributed by atoms with Gasteiger partial charge in [0.1, 0.15) is 5.60 Å². The van der Waals surface area contributed by atoms with Crippen LogP contribution in [0.1, 0.15) is 31.7 Å². The average Bonchev–Trinajstić information content (AvgIpc) is 3.28. The van der Waals surface area contributed by atoms with Crippen molar-refractivity contribution in [3.63, 3.8) is 0 Å². The predicted octanol–water partition coefficient (Wildman–Crippen LogP) is 3.06. The number of ether oxygens (including phenoxy) is 1. The lowest BCUT2D eigenvalue weighted by atomic mass is 9.90. The van der Waals surface area contributed by atoms with Gasteiger partial charge in [-0.15, -0.1) is 0 Å². The topological polar surface area (TPSA) is 41.5 Å². The molecule has 0 amide bonds. The molecule has 20 heavy (non-hydrogen) atoms. The molecule has 1 aliphatic rings. The van der Waals surface area contributed by atoms with Gasteiger partial charge in [0.15, 0.2) is 0 Å². The molecule has 1 saturated carbocycles. The van der Waals surface area contributed by atoms with Crippen molar-refractivity contribution in [1.82, 2.24) is 5.32 Å². The number of methoxy groups -OCH3 is 1. The Bertz CT molecular complexity index is 419. The van der Waals surface area contributed by atoms with Gasteiger partial charge >= 0.3 is 0 Å². The van der Waals surface area contributed by atoms with Crippen LogP contribution in [0.25, 0.3) is 0 Å². The molecule has 0 spiro atoms. The Morgan fingerprint density at radius 2 is 2.05 bits per heavy atom. The Morgan fingerprint density at radius 1 is 1.40 bits per heavy atom. The monoisotopic (exact) mass is 341 g/mol. The van der Waals surface area contributed by atoms with Crippen LogP contribution in [-0.4, -0.2) is 31.4 Å². The summed E-state index contributed by atoms with van der Waals surface area (Å²) in [6.07, 6.45) is 3.22. The van der Waals surface area contributed by atoms with Crippen LogP contribution in [-0.2, 0) is 10.3 Å². The summed E-state index contributed by atoms with van der Waals surface area (Å²) in [6.45, 7) is 3.30. The molecular formula is C16H24BrNO2. The minimum absolute atomic E-state index is 0.355. The van der Waals surface area contributed by atoms with Gasteiger partial charge in [0.05, 0.1) is 6.61 Å². The van der Waals surface area contributed by atoms with Gasteiger partial charge in [-0.05, 0) is 42.9 Å². The van der Waals surface area contributed by atoms with Crippen molar-refractivity contribution in [2.24, 2.45) is 5.92 Å². The van der Waals surface area contributed by atoms with E-state index in [9.17, 15) is 5.11 Å². The third-order valence-corrected chi connectivity index (χ3v) is 4.69. The van der Waals surface area contributed by atoms with E-state index in [1.807, 2.05) is 31.2 Å². The highest BCUT2D eigenvalue weighted by atomic mass is 79.9. The van der Waals surface area contributed by atoms with E-state index in [2.05, 4.69) is 21.2 Å². The zero-order valence-corrected chi connectivity index (χ0v) is 13.8. The molecule has 2 rings (SSSR count). The number of halogens is 1. The number of benzene rings is 1. The molecule has 2 unspecified atom stereocenters. The third-order valence-electron chi connectivity index (χ3n) is 4.16. The van der Waals surface area contributed by atoms with Gasteiger partial charge in [-0.2, -0.15) is 0 Å². The van der Waals surface area contributed by atoms with Crippen molar-refractivity contribution in [1.29, 1.82) is 0 Å². The van der Waals surface area contributed by atoms with E-state index in [1.54, 1.807) is 7.11 Å². The first-order valence-electron chi connectivity index (χ1n) is 7.30. The van der Waals surface area contributed by atoms with E-state index >= 15 is 0 Å². The summed E-state index contributed by atoms with van der Waals surface area (Å²) in [4.78, 5) is 0. The molecule has 0 aliphatic heterocycles. The van der Waals surface area contributed by atoms with Gasteiger partial charge in [-0.1, -0.05) is 35.0 Å². The summed E-state index contributed by atoms with van der Waals surface area (Å²) in [5, 5.41) is 14.4. The Hall–Kier alpha value is -0.420. The Labute approximate surface area is 129 Å². The van der Waals surface area contributed by atoms with Crippen molar-refractivity contribution in [2.75, 3.05) is 20.3 Å². The first-order chi connectivity index (χ1) is 9.59. The molecule has 0 saturated heterocycles. The number of rotatable bonds is 8. The van der Waals surface area contributed by atoms with Crippen LogP contribution < -0.4 is 5.32 Å². The van der Waals surface area contributed by atoms with E-state index in [-0.39, 0.29) is 0 Å². The van der Waals surface area contributed by atoms with Crippen LogP contribution in [0.5, 0.6) is 0 Å². The molecule has 2 atom stereocenters. The molecule has 1 fully saturated rings. The number of hydrogen-bond acceptors (Lipinski definition) is 3. The van der Waals surface area contributed by atoms with Crippen molar-refractivity contribution < 1.29 is 9.84 Å². The summed E-state index contributed by atoms with van der Waals surface area (Å²) in [5.74, 6) is 0.709. The molecule has 0 radical (unpaired) electrons. The van der Waals surface area contributed by atoms with Crippen LogP contribution >= 0.6 is 15.9 Å². The maximum atomic E-state index is 10.9. The van der Waals surface area contributed by atoms with Crippen LogP contribution in [0, 0.1) is 5.92 Å². The number of nitrogens with one attached hydrogen (secondary N) is 1. The molecule has 1 aromatic rings. The first-order valence-corrected chi connectivity index (χ1v) is 8.09. The molecular weight excluding hydrogens is 318 g/mol. The molecule has 0 bridgehead atoms. The van der Waals surface area contributed by atoms with E-state index < -0.39 is 5.60 Å². The van der Waals surface area contributed by atoms with Crippen LogP contribution in [0.15, 0.2) is 28.7 Å². The molecule has 3 nitrogen and oxygen atoms in total. The Morgan fingerprint density at radius 3 is 2.55 bits per heavy atom. The summed E-state index contributed by atoms with van der Waals surface area (Å²) >= 11 is 3.43. The second kappa shape index (κ2) is 7.03. The largest absolute Gasteiger partial charge is 0.384 e. The third kappa shape index (κ3) is 4.04. The minimum atomic E-state index is -0.818. The lowest BCUT2D eigenvalue weighted by Crippen LogP contribution is -2.45. The lowest BCUT2D eigenvalue weighted by molar-refractivity contribution is 0.0250. The second-order valence-electron chi connectivity index (χ2n) is 5.67. The predicted molar refractivity (Wildman–Crippen MR) is 84.7 cm³/mol. The first kappa shape index (κ1) is 16.0. The molecule has 112 valence electrons. The number of hydrogen-bond donors (Lipinski definition) is 2. The van der Waals surface area contributed by atoms with Gasteiger partial charge in [-0.25, -0.2) is 0 Å². The minimum Gasteiger partial charge on any atom is -0.384 e. The molecule has 0 heterocycles. The zero-order valence-electron chi connectivity index (χ0n) is 12.2. The maximum absolute atomic E-state index is 10.9. The molecule has 4 heteroatoms. The maximum Gasteiger partial charge on any atom is 0.102 e. The normalized spacial score (nSPS) is 19.6. The van der Waals surface area contributed by atoms with Gasteiger partial charge in [0, 0.05) is 24.2 Å². The highest BCUT2D eigenvalue weighted by molar-refractivity contribution is 9.10. The van der Waals surface area contributed by atoms with E-state index in [0.29, 0.717) is 31.5 Å². The van der Waals surface area contributed by atoms with Crippen molar-refractivity contribution >= 4 is 15.9 Å². The summed E-state index contributed by atoms with van der Waals surface area (Å²) in [7, 11) is 1.73. The molecule has 0 aromatic heterocycles. The van der Waals surface area contributed by atoms with Crippen LogP contribution in [0.4, 0.5) is 0 Å². The van der Waals surface area contributed by atoms with Gasteiger partial charge in [-0.3, -0.25) is 0 Å². The van der Waals surface area contributed by atoms with E-state index in [1.165, 1.54) is 12.8 Å². The fourth-order valence-corrected chi connectivity index (χ4v) is 2.80. The summed E-state index contributed by atoms with van der Waals surface area (Å²) in [5.41, 5.74) is 0.143. The molecule has 1 aliphatic carbocycles. The van der Waals surface area contributed by atoms with E-state index in [0.717, 1.165) is 10.0 Å². The van der Waals surface area contributed by atoms with Crippen molar-refractivity contribution in [3.8, 4) is 0 Å². The molecule has 2 N–H and O–H groups in total. The average molecular weight is 342 g/mol. The summed E-state index contributed by atoms with van der Waals surface area (Å²) < 4.78 is 6.31. The standard InChI is InChI=1S/C16H24BrNO2/c1-3-16(19,13-6-8-14(17)9-7-13)11-18-15(10-20-2)12-4-5-12/h6-9,12,15,18-19H,3-5,10-11H2,1-2H3. The fraction of sp³-hybridized carbons (Fsp3) is 0.625. The highest BCUT2D eigenvalue weighted by Gasteiger charge is 2.34. The Kier molecular flexibility index (Phi) is 5.61. The molecule has 1 aromatic carbocycles. The van der Waals surface area contributed by atoms with E-state index in [4.69, 9.17) is 4.74 Å². The van der Waals surface area contributed by atoms with Crippen LogP contribution in [0.2, 0.25) is 0 Å².